The van der Waals surface area contributed by atoms with Crippen molar-refractivity contribution in [2.75, 3.05) is 30.9 Å². The minimum absolute atomic E-state index is 0.285. The predicted octanol–water partition coefficient (Wildman–Crippen LogP) is 20.1. The fraction of sp³-hybridized carbons (Fsp3) is 0.0800. The van der Waals surface area contributed by atoms with Gasteiger partial charge in [0.1, 0.15) is 46.0 Å². The van der Waals surface area contributed by atoms with Crippen LogP contribution in [0.5, 0.6) is 0 Å². The summed E-state index contributed by atoms with van der Waals surface area (Å²) in [5, 5.41) is 39.7. The molecular formula is C100H75F4N31. The van der Waals surface area contributed by atoms with Crippen molar-refractivity contribution >= 4 is 99.6 Å². The minimum Gasteiger partial charge on any atom is -0.382 e. The lowest BCUT2D eigenvalue weighted by Gasteiger charge is -2.12. The van der Waals surface area contributed by atoms with Gasteiger partial charge in [-0.25, -0.2) is 57.4 Å². The normalized spacial score (nSPS) is 11.5. The van der Waals surface area contributed by atoms with Crippen LogP contribution in [0.2, 0.25) is 0 Å². The fourth-order valence-electron chi connectivity index (χ4n) is 15.9. The quantitative estimate of drug-likeness (QED) is 0.0357. The van der Waals surface area contributed by atoms with E-state index < -0.39 is 0 Å². The van der Waals surface area contributed by atoms with Gasteiger partial charge >= 0.3 is 0 Å². The summed E-state index contributed by atoms with van der Waals surface area (Å²) in [6.45, 7) is 7.90. The van der Waals surface area contributed by atoms with Gasteiger partial charge in [0, 0.05) is 186 Å². The summed E-state index contributed by atoms with van der Waals surface area (Å²) in [4.78, 5) is 87.4. The van der Waals surface area contributed by atoms with Gasteiger partial charge in [-0.1, -0.05) is 61.5 Å². The number of fused-ring (bicyclic) bond motifs is 8. The van der Waals surface area contributed by atoms with Crippen molar-refractivity contribution in [1.29, 1.82) is 0 Å². The van der Waals surface area contributed by atoms with Crippen LogP contribution in [-0.2, 0) is 6.54 Å². The van der Waals surface area contributed by atoms with Crippen molar-refractivity contribution < 1.29 is 17.6 Å². The molecule has 0 fully saturated rings. The first-order chi connectivity index (χ1) is 66.1. The first-order valence-corrected chi connectivity index (χ1v) is 42.7. The summed E-state index contributed by atoms with van der Waals surface area (Å²) in [5.41, 5.74) is 28.6. The molecule has 0 atom stereocenters. The molecule has 0 saturated heterocycles. The standard InChI is InChI=1S/2C26H21FN8.C25H19FN8.C23H14FN7/c1-14(2)31-19-7-16(9-28-11-19)17-8-20-24(34-35-25(20)30-10-17)26-32-22-13-29-12-21(23(22)33-26)15-3-5-18(27)6-4-15;1-2-28-9-15-7-17(11-29-10-15)18-8-20-24(34-35-25(20)31-12-18)26-32-22-14-30-13-21(23(22)33-26)16-3-5-19(27)6-4-16;1-34(2)18-7-15(9-27-11-18)16-8-19-23(32-33-24(19)29-10-16)25-30-21-13-28-12-20(22(21)31-25)14-3-5-17(26)6-4-14;24-16-5-3-13(4-6-16)18-11-26-12-19-20(18)29-23(28-19)21-17-8-15(10-27-22(17)31-30-21)14-2-1-7-25-9-14/h3-14,31H,1-2H3,(H,32,33)(H,30,34,35);3-8,10-14,28H,2,9H2,1H3,(H,32,33)(H,31,34,35);3-13H,1-2H3,(H,30,31)(H,29,32,33);1-12H,(H,28,29)(H,27,30,31). The molecule has 10 N–H and O–H groups in total. The molecule has 31 nitrogen and oxygen atoms in total. The van der Waals surface area contributed by atoms with Crippen LogP contribution in [0.15, 0.2) is 276 Å². The number of imidazole rings is 4. The highest BCUT2D eigenvalue weighted by Gasteiger charge is 2.24. The van der Waals surface area contributed by atoms with Crippen LogP contribution in [0.3, 0.4) is 0 Å². The van der Waals surface area contributed by atoms with Gasteiger partial charge in [-0.2, -0.15) is 20.4 Å². The van der Waals surface area contributed by atoms with Gasteiger partial charge in [0.2, 0.25) is 0 Å². The van der Waals surface area contributed by atoms with E-state index in [1.54, 1.807) is 141 Å². The highest BCUT2D eigenvalue weighted by Crippen LogP contribution is 2.40. The van der Waals surface area contributed by atoms with Crippen molar-refractivity contribution in [1.82, 2.24) is 146 Å². The first kappa shape index (κ1) is 83.6. The maximum absolute atomic E-state index is 13.4. The van der Waals surface area contributed by atoms with Crippen LogP contribution in [0, 0.1) is 23.3 Å². The number of nitrogens with zero attached hydrogens (tertiary/aromatic N) is 21. The Bertz CT molecular complexity index is 8480. The summed E-state index contributed by atoms with van der Waals surface area (Å²) in [6, 6.07) is 43.7. The van der Waals surface area contributed by atoms with Crippen LogP contribution >= 0.6 is 0 Å². The Kier molecular flexibility index (Phi) is 22.3. The van der Waals surface area contributed by atoms with Crippen LogP contribution in [-0.4, -0.2) is 167 Å². The molecule has 0 amide bonds. The summed E-state index contributed by atoms with van der Waals surface area (Å²) in [7, 11) is 3.96. The van der Waals surface area contributed by atoms with Crippen LogP contribution < -0.4 is 15.5 Å². The number of hydrogen-bond donors (Lipinski definition) is 10. The number of rotatable bonds is 18. The van der Waals surface area contributed by atoms with E-state index >= 15 is 0 Å². The smallest absolute Gasteiger partial charge is 0.181 e. The second-order valence-corrected chi connectivity index (χ2v) is 32.2. The van der Waals surface area contributed by atoms with E-state index in [9.17, 15) is 17.6 Å². The highest BCUT2D eigenvalue weighted by atomic mass is 19.1. The maximum Gasteiger partial charge on any atom is 0.181 e. The molecule has 0 aliphatic carbocycles. The van der Waals surface area contributed by atoms with E-state index in [0.29, 0.717) is 51.9 Å². The van der Waals surface area contributed by atoms with Crippen molar-refractivity contribution in [3.05, 3.63) is 304 Å². The zero-order valence-corrected chi connectivity index (χ0v) is 72.4. The minimum atomic E-state index is -0.287. The van der Waals surface area contributed by atoms with Crippen molar-refractivity contribution in [2.45, 2.75) is 33.4 Å². The summed E-state index contributed by atoms with van der Waals surface area (Å²) in [5.74, 6) is 1.34. The number of nitrogens with one attached hydrogen (secondary N) is 10. The van der Waals surface area contributed by atoms with Crippen LogP contribution in [0.4, 0.5) is 28.9 Å². The van der Waals surface area contributed by atoms with Gasteiger partial charge in [0.05, 0.1) is 108 Å². The number of aromatic amines is 8. The summed E-state index contributed by atoms with van der Waals surface area (Å²) in [6.07, 6.45) is 35.5. The molecule has 0 bridgehead atoms. The third kappa shape index (κ3) is 17.1. The zero-order chi connectivity index (χ0) is 91.7. The molecule has 0 aliphatic heterocycles. The summed E-state index contributed by atoms with van der Waals surface area (Å²) >= 11 is 0. The SMILES string of the molecule is CC(C)Nc1cncc(-c2cnc3n[nH]c(-c4nc5c(-c6ccc(F)cc6)cncc5[nH]4)c3c2)c1.CCNCc1cncc(-c2cnc3n[nH]c(-c4nc5c(-c6ccc(F)cc6)cncc5[nH]4)c3c2)c1.CN(C)c1cncc(-c2cnc3n[nH]c(-c4nc5c(-c6ccc(F)cc6)cncc5[nH]4)c3c2)c1.Fc1ccc(-c2cncc3[nH]c(-c4[nH]nc5ncc(-c6cccnc6)cc45)nc23)cc1. The zero-order valence-electron chi connectivity index (χ0n) is 72.4. The summed E-state index contributed by atoms with van der Waals surface area (Å²) < 4.78 is 53.6. The Hall–Kier alpha value is -18.3. The molecular weight excluding hydrogens is 1710 g/mol. The van der Waals surface area contributed by atoms with Gasteiger partial charge in [-0.3, -0.25) is 60.3 Å². The van der Waals surface area contributed by atoms with Gasteiger partial charge in [-0.15, -0.1) is 0 Å². The molecule has 135 heavy (non-hydrogen) atoms. The number of aromatic nitrogens is 28. The molecule has 20 heterocycles. The maximum atomic E-state index is 13.4. The van der Waals surface area contributed by atoms with E-state index in [-0.39, 0.29) is 23.3 Å². The molecule has 0 radical (unpaired) electrons. The molecule has 0 unspecified atom stereocenters. The van der Waals surface area contributed by atoms with E-state index in [1.165, 1.54) is 48.5 Å². The van der Waals surface area contributed by atoms with E-state index in [4.69, 9.17) is 19.9 Å². The number of H-pyrrole nitrogens is 8. The molecule has 4 aromatic carbocycles. The van der Waals surface area contributed by atoms with Gasteiger partial charge in [0.25, 0.3) is 0 Å². The molecule has 24 aromatic rings. The van der Waals surface area contributed by atoms with Gasteiger partial charge in [-0.05, 0) is 145 Å². The molecule has 35 heteroatoms. The first-order valence-electron chi connectivity index (χ1n) is 42.7. The Morgan fingerprint density at radius 3 is 0.978 bits per heavy atom. The average Bonchev–Trinajstić information content (AvgIpc) is 1.63. The van der Waals surface area contributed by atoms with E-state index in [1.807, 2.05) is 86.4 Å². The van der Waals surface area contributed by atoms with Gasteiger partial charge in [0.15, 0.2) is 45.9 Å². The van der Waals surface area contributed by atoms with Crippen molar-refractivity contribution in [2.24, 2.45) is 0 Å². The van der Waals surface area contributed by atoms with Gasteiger partial charge < -0.3 is 35.5 Å². The lowest BCUT2D eigenvalue weighted by atomic mass is 10.1. The number of hydrogen-bond acceptors (Lipinski definition) is 23. The molecule has 20 aromatic heterocycles. The second kappa shape index (κ2) is 36.0. The highest BCUT2D eigenvalue weighted by molar-refractivity contribution is 6.02. The van der Waals surface area contributed by atoms with Crippen LogP contribution in [0.25, 0.3) is 223 Å². The second-order valence-electron chi connectivity index (χ2n) is 32.2. The van der Waals surface area contributed by atoms with Crippen molar-refractivity contribution in [3.63, 3.8) is 0 Å². The number of pyridine rings is 12. The van der Waals surface area contributed by atoms with E-state index in [2.05, 4.69) is 170 Å². The van der Waals surface area contributed by atoms with E-state index in [0.717, 1.165) is 207 Å². The number of halogens is 4. The Morgan fingerprint density at radius 2 is 0.637 bits per heavy atom. The topological polar surface area (TPSA) is 411 Å². The molecule has 24 rings (SSSR count). The third-order valence-electron chi connectivity index (χ3n) is 22.6. The monoisotopic (exact) mass is 1790 g/mol. The lowest BCUT2D eigenvalue weighted by molar-refractivity contribution is 0.627. The van der Waals surface area contributed by atoms with Crippen LogP contribution in [0.1, 0.15) is 26.3 Å². The Labute approximate surface area is 762 Å². The molecule has 658 valence electrons. The number of benzene rings is 4. The molecule has 0 spiro atoms. The average molecular weight is 1790 g/mol. The molecule has 0 saturated carbocycles. The lowest BCUT2D eigenvalue weighted by Crippen LogP contribution is -2.11. The predicted molar refractivity (Wildman–Crippen MR) is 512 cm³/mol. The Balaban J connectivity index is 0.000000108. The largest absolute Gasteiger partial charge is 0.382 e. The van der Waals surface area contributed by atoms with Crippen molar-refractivity contribution in [3.8, 4) is 135 Å². The number of anilines is 2. The Morgan fingerprint density at radius 1 is 0.319 bits per heavy atom. The third-order valence-corrected chi connectivity index (χ3v) is 22.6. The molecule has 0 aliphatic rings. The fourth-order valence-corrected chi connectivity index (χ4v) is 15.9.